The Kier molecular flexibility index (Phi) is 4.44. The molecule has 0 amide bonds. The molecule has 0 aliphatic carbocycles. The van der Waals surface area contributed by atoms with Gasteiger partial charge in [0.1, 0.15) is 5.75 Å². The highest BCUT2D eigenvalue weighted by molar-refractivity contribution is 5.47. The van der Waals surface area contributed by atoms with Crippen LogP contribution in [0, 0.1) is 0 Å². The highest BCUT2D eigenvalue weighted by Crippen LogP contribution is 2.25. The predicted molar refractivity (Wildman–Crippen MR) is 72.7 cm³/mol. The summed E-state index contributed by atoms with van der Waals surface area (Å²) in [5.41, 5.74) is 7.80. The van der Waals surface area contributed by atoms with Gasteiger partial charge in [-0.1, -0.05) is 0 Å². The quantitative estimate of drug-likeness (QED) is 0.811. The van der Waals surface area contributed by atoms with Gasteiger partial charge >= 0.3 is 0 Å². The Morgan fingerprint density at radius 2 is 2.28 bits per heavy atom. The lowest BCUT2D eigenvalue weighted by atomic mass is 10.1. The summed E-state index contributed by atoms with van der Waals surface area (Å²) >= 11 is 0. The summed E-state index contributed by atoms with van der Waals surface area (Å²) in [7, 11) is 1.78. The van der Waals surface area contributed by atoms with Crippen LogP contribution in [0.25, 0.3) is 0 Å². The number of nitrogen functional groups attached to an aromatic ring is 1. The van der Waals surface area contributed by atoms with E-state index in [-0.39, 0.29) is 0 Å². The van der Waals surface area contributed by atoms with Crippen molar-refractivity contribution >= 4 is 5.69 Å². The molecule has 0 aromatic heterocycles. The first-order chi connectivity index (χ1) is 8.72. The summed E-state index contributed by atoms with van der Waals surface area (Å²) in [6.07, 6.45) is 1.46. The van der Waals surface area contributed by atoms with Gasteiger partial charge in [0, 0.05) is 38.0 Å². The van der Waals surface area contributed by atoms with Crippen LogP contribution in [0.2, 0.25) is 0 Å². The number of benzene rings is 1. The molecule has 2 N–H and O–H groups in total. The summed E-state index contributed by atoms with van der Waals surface area (Å²) in [4.78, 5) is 2.38. The Hall–Kier alpha value is -1.26. The molecule has 4 nitrogen and oxygen atoms in total. The van der Waals surface area contributed by atoms with Crippen molar-refractivity contribution in [2.75, 3.05) is 32.5 Å². The normalized spacial score (nSPS) is 20.2. The van der Waals surface area contributed by atoms with E-state index in [0.29, 0.717) is 12.7 Å². The van der Waals surface area contributed by atoms with Crippen molar-refractivity contribution < 1.29 is 9.47 Å². The second-order valence-electron chi connectivity index (χ2n) is 4.68. The minimum absolute atomic E-state index is 0.363. The molecule has 0 radical (unpaired) electrons. The van der Waals surface area contributed by atoms with E-state index in [1.54, 1.807) is 7.11 Å². The average Bonchev–Trinajstić information content (AvgIpc) is 2.80. The van der Waals surface area contributed by atoms with E-state index in [9.17, 15) is 0 Å². The second-order valence-corrected chi connectivity index (χ2v) is 4.68. The smallest absolute Gasteiger partial charge is 0.123 e. The Labute approximate surface area is 109 Å². The van der Waals surface area contributed by atoms with Crippen LogP contribution in [0.4, 0.5) is 5.69 Å². The number of likely N-dealkylation sites (tertiary alicyclic amines) is 1. The van der Waals surface area contributed by atoms with Gasteiger partial charge < -0.3 is 15.2 Å². The van der Waals surface area contributed by atoms with Gasteiger partial charge in [0.15, 0.2) is 0 Å². The molecular weight excluding hydrogens is 228 g/mol. The highest BCUT2D eigenvalue weighted by atomic mass is 16.5. The van der Waals surface area contributed by atoms with Gasteiger partial charge in [0.05, 0.1) is 12.7 Å². The lowest BCUT2D eigenvalue weighted by molar-refractivity contribution is 0.107. The number of nitrogens with two attached hydrogens (primary N) is 1. The molecule has 100 valence electrons. The van der Waals surface area contributed by atoms with Crippen molar-refractivity contribution in [3.05, 3.63) is 23.8 Å². The molecule has 0 bridgehead atoms. The zero-order valence-corrected chi connectivity index (χ0v) is 11.2. The van der Waals surface area contributed by atoms with Gasteiger partial charge in [0.2, 0.25) is 0 Å². The number of rotatable bonds is 5. The van der Waals surface area contributed by atoms with Gasteiger partial charge in [-0.15, -0.1) is 0 Å². The second kappa shape index (κ2) is 6.07. The van der Waals surface area contributed by atoms with Crippen LogP contribution in [0.3, 0.4) is 0 Å². The van der Waals surface area contributed by atoms with Crippen molar-refractivity contribution in [3.8, 4) is 5.75 Å². The molecule has 1 aliphatic rings. The van der Waals surface area contributed by atoms with E-state index >= 15 is 0 Å². The lowest BCUT2D eigenvalue weighted by Gasteiger charge is -2.18. The Bertz CT molecular complexity index is 395. The Morgan fingerprint density at radius 1 is 1.44 bits per heavy atom. The topological polar surface area (TPSA) is 47.7 Å². The van der Waals surface area contributed by atoms with Gasteiger partial charge in [0.25, 0.3) is 0 Å². The minimum atomic E-state index is 0.363. The third-order valence-electron chi connectivity index (χ3n) is 3.34. The summed E-state index contributed by atoms with van der Waals surface area (Å²) in [5.74, 6) is 0.938. The Morgan fingerprint density at radius 3 is 2.94 bits per heavy atom. The molecular formula is C14H22N2O2. The fraction of sp³-hybridized carbons (Fsp3) is 0.571. The molecule has 4 heteroatoms. The van der Waals surface area contributed by atoms with Crippen molar-refractivity contribution in [2.45, 2.75) is 26.0 Å². The monoisotopic (exact) mass is 250 g/mol. The largest absolute Gasteiger partial charge is 0.494 e. The van der Waals surface area contributed by atoms with Crippen LogP contribution in [0.1, 0.15) is 18.9 Å². The molecule has 1 aromatic rings. The maximum Gasteiger partial charge on any atom is 0.123 e. The summed E-state index contributed by atoms with van der Waals surface area (Å²) < 4.78 is 11.0. The molecule has 18 heavy (non-hydrogen) atoms. The molecule has 1 fully saturated rings. The van der Waals surface area contributed by atoms with E-state index in [1.807, 2.05) is 25.1 Å². The van der Waals surface area contributed by atoms with E-state index < -0.39 is 0 Å². The standard InChI is InChI=1S/C14H22N2O2/c1-3-18-14-5-4-12(15)8-11(14)9-16-7-6-13(10-16)17-2/h4-5,8,13H,3,6-7,9-10,15H2,1-2H3. The van der Waals surface area contributed by atoms with E-state index in [4.69, 9.17) is 15.2 Å². The van der Waals surface area contributed by atoms with Crippen molar-refractivity contribution in [1.29, 1.82) is 0 Å². The van der Waals surface area contributed by atoms with Crippen LogP contribution in [0.5, 0.6) is 5.75 Å². The number of ether oxygens (including phenoxy) is 2. The van der Waals surface area contributed by atoms with E-state index in [1.165, 1.54) is 0 Å². The lowest BCUT2D eigenvalue weighted by Crippen LogP contribution is -2.22. The van der Waals surface area contributed by atoms with Crippen LogP contribution >= 0.6 is 0 Å². The zero-order chi connectivity index (χ0) is 13.0. The van der Waals surface area contributed by atoms with Gasteiger partial charge in [-0.2, -0.15) is 0 Å². The highest BCUT2D eigenvalue weighted by Gasteiger charge is 2.22. The average molecular weight is 250 g/mol. The van der Waals surface area contributed by atoms with E-state index in [0.717, 1.165) is 43.1 Å². The molecule has 0 spiro atoms. The number of anilines is 1. The number of nitrogens with zero attached hydrogens (tertiary/aromatic N) is 1. The maximum absolute atomic E-state index is 5.85. The molecule has 1 atom stereocenters. The zero-order valence-electron chi connectivity index (χ0n) is 11.2. The maximum atomic E-state index is 5.85. The van der Waals surface area contributed by atoms with Crippen molar-refractivity contribution in [1.82, 2.24) is 4.90 Å². The molecule has 1 unspecified atom stereocenters. The number of hydrogen-bond acceptors (Lipinski definition) is 4. The Balaban J connectivity index is 2.05. The molecule has 1 aliphatic heterocycles. The molecule has 2 rings (SSSR count). The third kappa shape index (κ3) is 3.15. The van der Waals surface area contributed by atoms with Gasteiger partial charge in [-0.05, 0) is 31.5 Å². The number of hydrogen-bond donors (Lipinski definition) is 1. The van der Waals surface area contributed by atoms with E-state index in [2.05, 4.69) is 4.90 Å². The molecule has 1 saturated heterocycles. The first kappa shape index (κ1) is 13.2. The minimum Gasteiger partial charge on any atom is -0.494 e. The molecule has 1 heterocycles. The SMILES string of the molecule is CCOc1ccc(N)cc1CN1CCC(OC)C1. The molecule has 0 saturated carbocycles. The fourth-order valence-electron chi connectivity index (χ4n) is 2.39. The van der Waals surface area contributed by atoms with Gasteiger partial charge in [-0.3, -0.25) is 4.90 Å². The van der Waals surface area contributed by atoms with Gasteiger partial charge in [-0.25, -0.2) is 0 Å². The molecule has 1 aromatic carbocycles. The predicted octanol–water partition coefficient (Wildman–Crippen LogP) is 1.89. The van der Waals surface area contributed by atoms with Crippen LogP contribution in [-0.2, 0) is 11.3 Å². The van der Waals surface area contributed by atoms with Crippen LogP contribution in [-0.4, -0.2) is 37.8 Å². The summed E-state index contributed by atoms with van der Waals surface area (Å²) in [5, 5.41) is 0. The van der Waals surface area contributed by atoms with Crippen molar-refractivity contribution in [3.63, 3.8) is 0 Å². The van der Waals surface area contributed by atoms with Crippen LogP contribution < -0.4 is 10.5 Å². The van der Waals surface area contributed by atoms with Crippen molar-refractivity contribution in [2.24, 2.45) is 0 Å². The fourth-order valence-corrected chi connectivity index (χ4v) is 2.39. The first-order valence-electron chi connectivity index (χ1n) is 6.49. The summed E-state index contributed by atoms with van der Waals surface area (Å²) in [6, 6.07) is 5.85. The summed E-state index contributed by atoms with van der Waals surface area (Å²) in [6.45, 7) is 5.60. The van der Waals surface area contributed by atoms with Crippen LogP contribution in [0.15, 0.2) is 18.2 Å². The third-order valence-corrected chi connectivity index (χ3v) is 3.34. The first-order valence-corrected chi connectivity index (χ1v) is 6.49. The number of methoxy groups -OCH3 is 1.